The maximum Gasteiger partial charge on any atom is 0.230 e. The topological polar surface area (TPSA) is 59.8 Å². The van der Waals surface area contributed by atoms with Gasteiger partial charge in [-0.25, -0.2) is 9.67 Å². The van der Waals surface area contributed by atoms with Crippen LogP contribution < -0.4 is 5.32 Å². The average Bonchev–Trinajstić information content (AvgIpc) is 3.25. The molecular formula is C22H28N4OS. The quantitative estimate of drug-likeness (QED) is 0.581. The van der Waals surface area contributed by atoms with E-state index in [2.05, 4.69) is 43.1 Å². The SMILES string of the molecule is CCCCc1c(C)nn(-c2nc(CC(=O)Nc3ccccc3CC)cs2)c1C. The van der Waals surface area contributed by atoms with Gasteiger partial charge in [0, 0.05) is 16.8 Å². The first-order valence-corrected chi connectivity index (χ1v) is 10.8. The molecular weight excluding hydrogens is 368 g/mol. The molecule has 0 saturated carbocycles. The van der Waals surface area contributed by atoms with E-state index in [0.717, 1.165) is 52.7 Å². The molecule has 0 aliphatic rings. The maximum absolute atomic E-state index is 12.5. The number of benzene rings is 1. The predicted octanol–water partition coefficient (Wildman–Crippen LogP) is 5.03. The molecule has 0 aliphatic heterocycles. The van der Waals surface area contributed by atoms with Gasteiger partial charge < -0.3 is 5.32 Å². The zero-order chi connectivity index (χ0) is 20.1. The molecule has 3 aromatic rings. The number of hydrogen-bond acceptors (Lipinski definition) is 4. The fourth-order valence-electron chi connectivity index (χ4n) is 3.36. The van der Waals surface area contributed by atoms with E-state index in [1.54, 1.807) is 0 Å². The van der Waals surface area contributed by atoms with Gasteiger partial charge in [0.2, 0.25) is 11.0 Å². The summed E-state index contributed by atoms with van der Waals surface area (Å²) in [7, 11) is 0. The van der Waals surface area contributed by atoms with Crippen molar-refractivity contribution in [2.45, 2.75) is 59.8 Å². The van der Waals surface area contributed by atoms with Gasteiger partial charge in [0.1, 0.15) is 0 Å². The van der Waals surface area contributed by atoms with Gasteiger partial charge in [-0.2, -0.15) is 5.10 Å². The lowest BCUT2D eigenvalue weighted by atomic mass is 10.1. The van der Waals surface area contributed by atoms with Crippen LogP contribution in [0.5, 0.6) is 0 Å². The molecule has 6 heteroatoms. The standard InChI is InChI=1S/C22H28N4OS/c1-5-7-11-19-15(3)25-26(16(19)4)22-23-18(14-28-22)13-21(27)24-20-12-9-8-10-17(20)6-2/h8-10,12,14H,5-7,11,13H2,1-4H3,(H,24,27). The van der Waals surface area contributed by atoms with Gasteiger partial charge in [0.15, 0.2) is 0 Å². The molecule has 0 radical (unpaired) electrons. The fraction of sp³-hybridized carbons (Fsp3) is 0.409. The van der Waals surface area contributed by atoms with Crippen LogP contribution in [-0.2, 0) is 24.1 Å². The number of carbonyl (C=O) groups excluding carboxylic acids is 1. The summed E-state index contributed by atoms with van der Waals surface area (Å²) in [5, 5.41) is 10.5. The van der Waals surface area contributed by atoms with Crippen LogP contribution in [0.4, 0.5) is 5.69 Å². The number of nitrogens with zero attached hydrogens (tertiary/aromatic N) is 3. The van der Waals surface area contributed by atoms with Gasteiger partial charge >= 0.3 is 0 Å². The monoisotopic (exact) mass is 396 g/mol. The second-order valence-corrected chi connectivity index (χ2v) is 7.86. The van der Waals surface area contributed by atoms with E-state index in [4.69, 9.17) is 0 Å². The number of anilines is 1. The molecule has 148 valence electrons. The molecule has 5 nitrogen and oxygen atoms in total. The van der Waals surface area contributed by atoms with E-state index in [0.29, 0.717) is 0 Å². The molecule has 2 heterocycles. The molecule has 0 aliphatic carbocycles. The highest BCUT2D eigenvalue weighted by Gasteiger charge is 2.16. The summed E-state index contributed by atoms with van der Waals surface area (Å²) in [6.45, 7) is 8.44. The van der Waals surface area contributed by atoms with Crippen molar-refractivity contribution in [2.75, 3.05) is 5.32 Å². The van der Waals surface area contributed by atoms with E-state index in [-0.39, 0.29) is 12.3 Å². The van der Waals surface area contributed by atoms with Gasteiger partial charge in [-0.3, -0.25) is 4.79 Å². The summed E-state index contributed by atoms with van der Waals surface area (Å²) < 4.78 is 1.92. The number of unbranched alkanes of at least 4 members (excludes halogenated alkanes) is 1. The highest BCUT2D eigenvalue weighted by molar-refractivity contribution is 7.12. The first kappa shape index (κ1) is 20.3. The summed E-state index contributed by atoms with van der Waals surface area (Å²) in [4.78, 5) is 17.1. The summed E-state index contributed by atoms with van der Waals surface area (Å²) in [6, 6.07) is 7.91. The van der Waals surface area contributed by atoms with Crippen LogP contribution in [-0.4, -0.2) is 20.7 Å². The molecule has 1 N–H and O–H groups in total. The highest BCUT2D eigenvalue weighted by Crippen LogP contribution is 2.23. The predicted molar refractivity (Wildman–Crippen MR) is 115 cm³/mol. The molecule has 0 spiro atoms. The van der Waals surface area contributed by atoms with Gasteiger partial charge in [-0.05, 0) is 50.3 Å². The van der Waals surface area contributed by atoms with Crippen LogP contribution in [0.3, 0.4) is 0 Å². The molecule has 0 atom stereocenters. The minimum atomic E-state index is -0.0465. The smallest absolute Gasteiger partial charge is 0.230 e. The molecule has 3 rings (SSSR count). The second kappa shape index (κ2) is 9.15. The zero-order valence-corrected chi connectivity index (χ0v) is 17.9. The number of amides is 1. The van der Waals surface area contributed by atoms with Gasteiger partial charge in [-0.15, -0.1) is 11.3 Å². The molecule has 2 aromatic heterocycles. The van der Waals surface area contributed by atoms with Gasteiger partial charge in [0.25, 0.3) is 0 Å². The minimum Gasteiger partial charge on any atom is -0.325 e. The third-order valence-electron chi connectivity index (χ3n) is 4.96. The number of aryl methyl sites for hydroxylation is 2. The number of para-hydroxylation sites is 1. The Balaban J connectivity index is 1.71. The fourth-order valence-corrected chi connectivity index (χ4v) is 4.19. The first-order chi connectivity index (χ1) is 13.5. The highest BCUT2D eigenvalue weighted by atomic mass is 32.1. The van der Waals surface area contributed by atoms with Crippen molar-refractivity contribution >= 4 is 22.9 Å². The van der Waals surface area contributed by atoms with Crippen molar-refractivity contribution in [3.63, 3.8) is 0 Å². The van der Waals surface area contributed by atoms with Crippen molar-refractivity contribution in [3.05, 3.63) is 57.9 Å². The van der Waals surface area contributed by atoms with E-state index in [1.807, 2.05) is 34.3 Å². The Morgan fingerprint density at radius 3 is 2.75 bits per heavy atom. The van der Waals surface area contributed by atoms with Crippen LogP contribution in [0.25, 0.3) is 5.13 Å². The average molecular weight is 397 g/mol. The minimum absolute atomic E-state index is 0.0465. The van der Waals surface area contributed by atoms with E-state index in [9.17, 15) is 4.79 Å². The Bertz CT molecular complexity index is 957. The van der Waals surface area contributed by atoms with Crippen LogP contribution >= 0.6 is 11.3 Å². The summed E-state index contributed by atoms with van der Waals surface area (Å²) in [6.07, 6.45) is 4.52. The lowest BCUT2D eigenvalue weighted by molar-refractivity contribution is -0.115. The second-order valence-electron chi connectivity index (χ2n) is 7.02. The van der Waals surface area contributed by atoms with Crippen LogP contribution in [0, 0.1) is 13.8 Å². The van der Waals surface area contributed by atoms with Crippen molar-refractivity contribution in [1.29, 1.82) is 0 Å². The van der Waals surface area contributed by atoms with Crippen molar-refractivity contribution in [3.8, 4) is 5.13 Å². The number of rotatable bonds is 8. The molecule has 1 aromatic carbocycles. The van der Waals surface area contributed by atoms with Crippen LogP contribution in [0.15, 0.2) is 29.6 Å². The van der Waals surface area contributed by atoms with Crippen molar-refractivity contribution in [1.82, 2.24) is 14.8 Å². The largest absolute Gasteiger partial charge is 0.325 e. The maximum atomic E-state index is 12.5. The Morgan fingerprint density at radius 1 is 1.21 bits per heavy atom. The molecule has 0 unspecified atom stereocenters. The molecule has 0 fully saturated rings. The molecule has 0 saturated heterocycles. The number of aromatic nitrogens is 3. The van der Waals surface area contributed by atoms with E-state index >= 15 is 0 Å². The Hall–Kier alpha value is -2.47. The number of thiazole rings is 1. The number of carbonyl (C=O) groups is 1. The Morgan fingerprint density at radius 2 is 2.00 bits per heavy atom. The molecule has 0 bridgehead atoms. The van der Waals surface area contributed by atoms with E-state index in [1.165, 1.54) is 23.3 Å². The van der Waals surface area contributed by atoms with Crippen LogP contribution in [0.2, 0.25) is 0 Å². The van der Waals surface area contributed by atoms with Crippen molar-refractivity contribution < 1.29 is 4.79 Å². The van der Waals surface area contributed by atoms with Crippen molar-refractivity contribution in [2.24, 2.45) is 0 Å². The van der Waals surface area contributed by atoms with Crippen LogP contribution in [0.1, 0.15) is 54.9 Å². The number of hydrogen-bond donors (Lipinski definition) is 1. The summed E-state index contributed by atoms with van der Waals surface area (Å²) in [5.74, 6) is -0.0465. The van der Waals surface area contributed by atoms with Gasteiger partial charge in [-0.1, -0.05) is 38.5 Å². The third-order valence-corrected chi connectivity index (χ3v) is 5.82. The lowest BCUT2D eigenvalue weighted by Crippen LogP contribution is -2.15. The Kier molecular flexibility index (Phi) is 6.62. The lowest BCUT2D eigenvalue weighted by Gasteiger charge is -2.08. The zero-order valence-electron chi connectivity index (χ0n) is 17.1. The van der Waals surface area contributed by atoms with E-state index < -0.39 is 0 Å². The summed E-state index contributed by atoms with van der Waals surface area (Å²) >= 11 is 1.53. The third kappa shape index (κ3) is 4.50. The number of nitrogens with one attached hydrogen (secondary N) is 1. The normalized spacial score (nSPS) is 11.0. The Labute approximate surface area is 170 Å². The van der Waals surface area contributed by atoms with Gasteiger partial charge in [0.05, 0.1) is 17.8 Å². The first-order valence-electron chi connectivity index (χ1n) is 9.91. The molecule has 1 amide bonds. The summed E-state index contributed by atoms with van der Waals surface area (Å²) in [5.41, 5.74) is 6.31. The molecule has 28 heavy (non-hydrogen) atoms.